The molecular weight excluding hydrogens is 342 g/mol. The number of benzene rings is 2. The largest absolute Gasteiger partial charge is 0.497 e. The number of amides is 3. The molecule has 0 spiro atoms. The average Bonchev–Trinajstić information content (AvgIpc) is 3.08. The van der Waals surface area contributed by atoms with Gasteiger partial charge in [0.15, 0.2) is 0 Å². The summed E-state index contributed by atoms with van der Waals surface area (Å²) in [6.45, 7) is 3.25. The number of nitrogens with zero attached hydrogens (tertiary/aromatic N) is 1. The van der Waals surface area contributed by atoms with E-state index in [0.29, 0.717) is 18.7 Å². The molecule has 0 aromatic heterocycles. The summed E-state index contributed by atoms with van der Waals surface area (Å²) in [6.07, 6.45) is 2.25. The Kier molecular flexibility index (Phi) is 5.96. The van der Waals surface area contributed by atoms with E-state index < -0.39 is 0 Å². The van der Waals surface area contributed by atoms with E-state index in [4.69, 9.17) is 4.74 Å². The normalized spacial score (nSPS) is 13.6. The van der Waals surface area contributed by atoms with Crippen LogP contribution in [0.3, 0.4) is 0 Å². The summed E-state index contributed by atoms with van der Waals surface area (Å²) in [5.74, 6) is 0.981. The van der Waals surface area contributed by atoms with Crippen LogP contribution in [-0.2, 0) is 11.2 Å². The summed E-state index contributed by atoms with van der Waals surface area (Å²) in [5.41, 5.74) is 3.74. The zero-order valence-electron chi connectivity index (χ0n) is 15.7. The zero-order chi connectivity index (χ0) is 19.2. The van der Waals surface area contributed by atoms with E-state index in [1.165, 1.54) is 0 Å². The van der Waals surface area contributed by atoms with Crippen LogP contribution in [0.2, 0.25) is 0 Å². The molecule has 1 aliphatic heterocycles. The van der Waals surface area contributed by atoms with E-state index in [-0.39, 0.29) is 11.9 Å². The Balaban J connectivity index is 1.50. The second-order valence-electron chi connectivity index (χ2n) is 6.63. The molecule has 0 saturated carbocycles. The van der Waals surface area contributed by atoms with Gasteiger partial charge in [0, 0.05) is 30.9 Å². The van der Waals surface area contributed by atoms with Crippen LogP contribution < -0.4 is 20.3 Å². The number of rotatable bonds is 6. The molecule has 1 fully saturated rings. The molecule has 0 aliphatic carbocycles. The monoisotopic (exact) mass is 367 g/mol. The molecule has 0 bridgehead atoms. The van der Waals surface area contributed by atoms with Crippen LogP contribution in [-0.4, -0.2) is 32.1 Å². The van der Waals surface area contributed by atoms with E-state index in [9.17, 15) is 9.59 Å². The third-order valence-corrected chi connectivity index (χ3v) is 4.68. The standard InChI is InChI=1S/C21H25N3O3/c1-15-14-17(7-10-19(15)24-13-3-4-20(24)25)23-21(26)22-12-11-16-5-8-18(27-2)9-6-16/h5-10,14H,3-4,11-13H2,1-2H3,(H2,22,23,26). The number of carbonyl (C=O) groups excluding carboxylic acids is 2. The fourth-order valence-electron chi connectivity index (χ4n) is 3.23. The van der Waals surface area contributed by atoms with Gasteiger partial charge in [-0.15, -0.1) is 0 Å². The van der Waals surface area contributed by atoms with Crippen LogP contribution >= 0.6 is 0 Å². The minimum Gasteiger partial charge on any atom is -0.497 e. The number of methoxy groups -OCH3 is 1. The molecule has 1 aliphatic rings. The number of aryl methyl sites for hydroxylation is 1. The minimum absolute atomic E-state index is 0.162. The molecule has 0 radical (unpaired) electrons. The van der Waals surface area contributed by atoms with E-state index in [1.807, 2.05) is 54.3 Å². The lowest BCUT2D eigenvalue weighted by Crippen LogP contribution is -2.30. The number of hydrogen-bond donors (Lipinski definition) is 2. The summed E-state index contributed by atoms with van der Waals surface area (Å²) in [4.78, 5) is 25.8. The highest BCUT2D eigenvalue weighted by Gasteiger charge is 2.22. The van der Waals surface area contributed by atoms with Crippen molar-refractivity contribution in [2.45, 2.75) is 26.2 Å². The Labute approximate surface area is 159 Å². The van der Waals surface area contributed by atoms with Crippen molar-refractivity contribution in [2.24, 2.45) is 0 Å². The summed E-state index contributed by atoms with van der Waals surface area (Å²) < 4.78 is 5.13. The van der Waals surface area contributed by atoms with Crippen molar-refractivity contribution in [3.63, 3.8) is 0 Å². The lowest BCUT2D eigenvalue weighted by Gasteiger charge is -2.19. The van der Waals surface area contributed by atoms with Crippen molar-refractivity contribution >= 4 is 23.3 Å². The second kappa shape index (κ2) is 8.58. The first-order chi connectivity index (χ1) is 13.1. The molecule has 2 N–H and O–H groups in total. The number of hydrogen-bond acceptors (Lipinski definition) is 3. The molecule has 6 nitrogen and oxygen atoms in total. The highest BCUT2D eigenvalue weighted by molar-refractivity contribution is 5.96. The van der Waals surface area contributed by atoms with Crippen LogP contribution in [0.5, 0.6) is 5.75 Å². The first-order valence-electron chi connectivity index (χ1n) is 9.15. The maximum Gasteiger partial charge on any atom is 0.319 e. The van der Waals surface area contributed by atoms with Crippen molar-refractivity contribution < 1.29 is 14.3 Å². The smallest absolute Gasteiger partial charge is 0.319 e. The van der Waals surface area contributed by atoms with Gasteiger partial charge < -0.3 is 20.3 Å². The fraction of sp³-hybridized carbons (Fsp3) is 0.333. The molecule has 2 aromatic carbocycles. The van der Waals surface area contributed by atoms with Crippen molar-refractivity contribution in [3.8, 4) is 5.75 Å². The van der Waals surface area contributed by atoms with Gasteiger partial charge in [-0.3, -0.25) is 4.79 Å². The predicted octanol–water partition coefficient (Wildman–Crippen LogP) is 3.49. The quantitative estimate of drug-likeness (QED) is 0.821. The van der Waals surface area contributed by atoms with Crippen LogP contribution in [0.25, 0.3) is 0 Å². The SMILES string of the molecule is COc1ccc(CCNC(=O)Nc2ccc(N3CCCC3=O)c(C)c2)cc1. The van der Waals surface area contributed by atoms with Crippen molar-refractivity contribution in [1.82, 2.24) is 5.32 Å². The van der Waals surface area contributed by atoms with Crippen LogP contribution in [0.1, 0.15) is 24.0 Å². The van der Waals surface area contributed by atoms with Gasteiger partial charge in [-0.05, 0) is 61.2 Å². The second-order valence-corrected chi connectivity index (χ2v) is 6.63. The maximum absolute atomic E-state index is 12.1. The van der Waals surface area contributed by atoms with Crippen LogP contribution in [0.15, 0.2) is 42.5 Å². The molecule has 142 valence electrons. The first kappa shape index (κ1) is 18.8. The van der Waals surface area contributed by atoms with Gasteiger partial charge in [-0.25, -0.2) is 4.79 Å². The Hall–Kier alpha value is -3.02. The zero-order valence-corrected chi connectivity index (χ0v) is 15.7. The van der Waals surface area contributed by atoms with Crippen molar-refractivity contribution in [2.75, 3.05) is 30.4 Å². The maximum atomic E-state index is 12.1. The third-order valence-electron chi connectivity index (χ3n) is 4.68. The highest BCUT2D eigenvalue weighted by atomic mass is 16.5. The molecule has 27 heavy (non-hydrogen) atoms. The lowest BCUT2D eigenvalue weighted by atomic mass is 10.1. The number of urea groups is 1. The molecule has 0 atom stereocenters. The Morgan fingerprint density at radius 3 is 2.59 bits per heavy atom. The van der Waals surface area contributed by atoms with Gasteiger partial charge in [0.2, 0.25) is 5.91 Å². The molecule has 1 heterocycles. The summed E-state index contributed by atoms with van der Waals surface area (Å²) in [5, 5.41) is 5.70. The number of anilines is 2. The molecule has 2 aromatic rings. The minimum atomic E-state index is -0.243. The first-order valence-corrected chi connectivity index (χ1v) is 9.15. The molecule has 3 rings (SSSR count). The fourth-order valence-corrected chi connectivity index (χ4v) is 3.23. The van der Waals surface area contributed by atoms with Crippen LogP contribution in [0, 0.1) is 6.92 Å². The number of ether oxygens (including phenoxy) is 1. The van der Waals surface area contributed by atoms with Gasteiger partial charge in [-0.1, -0.05) is 12.1 Å². The summed E-state index contributed by atoms with van der Waals surface area (Å²) >= 11 is 0. The van der Waals surface area contributed by atoms with Crippen molar-refractivity contribution in [3.05, 3.63) is 53.6 Å². The Morgan fingerprint density at radius 1 is 1.19 bits per heavy atom. The Bertz CT molecular complexity index is 818. The summed E-state index contributed by atoms with van der Waals surface area (Å²) in [7, 11) is 1.64. The van der Waals surface area contributed by atoms with E-state index in [1.54, 1.807) is 7.11 Å². The third kappa shape index (κ3) is 4.78. The number of carbonyl (C=O) groups is 2. The number of nitrogens with one attached hydrogen (secondary N) is 2. The van der Waals surface area contributed by atoms with Crippen molar-refractivity contribution in [1.29, 1.82) is 0 Å². The Morgan fingerprint density at radius 2 is 1.96 bits per heavy atom. The highest BCUT2D eigenvalue weighted by Crippen LogP contribution is 2.27. The lowest BCUT2D eigenvalue weighted by molar-refractivity contribution is -0.117. The van der Waals surface area contributed by atoms with E-state index >= 15 is 0 Å². The predicted molar refractivity (Wildman–Crippen MR) is 106 cm³/mol. The van der Waals surface area contributed by atoms with Gasteiger partial charge in [-0.2, -0.15) is 0 Å². The van der Waals surface area contributed by atoms with Gasteiger partial charge >= 0.3 is 6.03 Å². The van der Waals surface area contributed by atoms with Crippen LogP contribution in [0.4, 0.5) is 16.2 Å². The molecule has 0 unspecified atom stereocenters. The summed E-state index contributed by atoms with van der Waals surface area (Å²) in [6, 6.07) is 13.2. The average molecular weight is 367 g/mol. The molecule has 1 saturated heterocycles. The molecular formula is C21H25N3O3. The van der Waals surface area contributed by atoms with E-state index in [0.717, 1.165) is 42.0 Å². The molecule has 6 heteroatoms. The van der Waals surface area contributed by atoms with Gasteiger partial charge in [0.1, 0.15) is 5.75 Å². The van der Waals surface area contributed by atoms with E-state index in [2.05, 4.69) is 10.6 Å². The van der Waals surface area contributed by atoms with Gasteiger partial charge in [0.05, 0.1) is 7.11 Å². The molecule has 3 amide bonds. The van der Waals surface area contributed by atoms with Gasteiger partial charge in [0.25, 0.3) is 0 Å². The topological polar surface area (TPSA) is 70.7 Å².